The molecule has 1 saturated carbocycles. The zero-order valence-corrected chi connectivity index (χ0v) is 12.3. The van der Waals surface area contributed by atoms with E-state index in [1.54, 1.807) is 26.0 Å². The minimum atomic E-state index is -1.22. The van der Waals surface area contributed by atoms with Crippen molar-refractivity contribution in [1.29, 1.82) is 0 Å². The van der Waals surface area contributed by atoms with E-state index in [1.807, 2.05) is 6.92 Å². The molecule has 1 aromatic carbocycles. The summed E-state index contributed by atoms with van der Waals surface area (Å²) in [5.74, 6) is -0.524. The van der Waals surface area contributed by atoms with E-state index in [4.69, 9.17) is 0 Å². The quantitative estimate of drug-likeness (QED) is 0.893. The van der Waals surface area contributed by atoms with Crippen LogP contribution >= 0.6 is 0 Å². The van der Waals surface area contributed by atoms with Crippen LogP contribution in [0.5, 0.6) is 0 Å². The molecule has 0 radical (unpaired) electrons. The number of nitrogens with one attached hydrogen (secondary N) is 1. The third-order valence-electron chi connectivity index (χ3n) is 4.16. The maximum absolute atomic E-state index is 13.6. The molecule has 1 unspecified atom stereocenters. The van der Waals surface area contributed by atoms with Crippen LogP contribution < -0.4 is 5.32 Å². The first-order valence-corrected chi connectivity index (χ1v) is 7.13. The first-order valence-electron chi connectivity index (χ1n) is 7.13. The third-order valence-corrected chi connectivity index (χ3v) is 4.16. The molecule has 1 amide bonds. The molecule has 0 aliphatic heterocycles. The molecule has 1 aromatic rings. The predicted molar refractivity (Wildman–Crippen MR) is 75.8 cm³/mol. The first-order chi connectivity index (χ1) is 9.33. The number of rotatable bonds is 3. The molecule has 2 rings (SSSR count). The summed E-state index contributed by atoms with van der Waals surface area (Å²) in [7, 11) is 0. The number of halogens is 1. The van der Waals surface area contributed by atoms with Crippen molar-refractivity contribution >= 4 is 5.91 Å². The molecule has 1 fully saturated rings. The summed E-state index contributed by atoms with van der Waals surface area (Å²) < 4.78 is 13.6. The molecule has 1 atom stereocenters. The number of aliphatic hydroxyl groups is 1. The summed E-state index contributed by atoms with van der Waals surface area (Å²) in [5.41, 5.74) is 0.774. The smallest absolute Gasteiger partial charge is 0.252 e. The standard InChI is InChI=1S/C16H22FNO2/c1-10-8-13(9-11(2)14(10)17)12(3)18-15(19)16(20)6-4-5-7-16/h8-9,12,20H,4-7H2,1-3H3,(H,18,19). The van der Waals surface area contributed by atoms with Crippen molar-refractivity contribution in [3.8, 4) is 0 Å². The van der Waals surface area contributed by atoms with Gasteiger partial charge in [-0.15, -0.1) is 0 Å². The van der Waals surface area contributed by atoms with Crippen LogP contribution in [0.1, 0.15) is 55.3 Å². The second-order valence-corrected chi connectivity index (χ2v) is 5.90. The fourth-order valence-corrected chi connectivity index (χ4v) is 2.83. The molecular formula is C16H22FNO2. The van der Waals surface area contributed by atoms with Gasteiger partial charge in [-0.1, -0.05) is 12.1 Å². The molecule has 4 heteroatoms. The van der Waals surface area contributed by atoms with Crippen LogP contribution in [0.2, 0.25) is 0 Å². The van der Waals surface area contributed by atoms with Crippen molar-refractivity contribution in [3.05, 3.63) is 34.6 Å². The van der Waals surface area contributed by atoms with Gasteiger partial charge >= 0.3 is 0 Å². The van der Waals surface area contributed by atoms with Gasteiger partial charge in [0.15, 0.2) is 0 Å². The average molecular weight is 279 g/mol. The number of aryl methyl sites for hydroxylation is 2. The molecule has 0 saturated heterocycles. The van der Waals surface area contributed by atoms with Crippen LogP contribution in [-0.4, -0.2) is 16.6 Å². The predicted octanol–water partition coefficient (Wildman–Crippen LogP) is 2.92. The lowest BCUT2D eigenvalue weighted by Gasteiger charge is -2.24. The van der Waals surface area contributed by atoms with E-state index in [2.05, 4.69) is 5.32 Å². The molecule has 0 aromatic heterocycles. The van der Waals surface area contributed by atoms with Crippen molar-refractivity contribution in [1.82, 2.24) is 5.32 Å². The van der Waals surface area contributed by atoms with Gasteiger partial charge in [0.05, 0.1) is 6.04 Å². The Balaban J connectivity index is 2.12. The summed E-state index contributed by atoms with van der Waals surface area (Å²) in [6.45, 7) is 5.28. The summed E-state index contributed by atoms with van der Waals surface area (Å²) in [6, 6.07) is 3.24. The largest absolute Gasteiger partial charge is 0.380 e. The normalized spacial score (nSPS) is 18.9. The van der Waals surface area contributed by atoms with Crippen molar-refractivity contribution in [2.24, 2.45) is 0 Å². The van der Waals surface area contributed by atoms with Gasteiger partial charge < -0.3 is 10.4 Å². The lowest BCUT2D eigenvalue weighted by Crippen LogP contribution is -2.45. The number of benzene rings is 1. The van der Waals surface area contributed by atoms with Gasteiger partial charge in [-0.25, -0.2) is 4.39 Å². The molecule has 2 N–H and O–H groups in total. The van der Waals surface area contributed by atoms with Crippen molar-refractivity contribution in [2.75, 3.05) is 0 Å². The van der Waals surface area contributed by atoms with Gasteiger partial charge in [0.2, 0.25) is 0 Å². The molecule has 0 spiro atoms. The van der Waals surface area contributed by atoms with Gasteiger partial charge in [-0.2, -0.15) is 0 Å². The summed E-state index contributed by atoms with van der Waals surface area (Å²) in [6.07, 6.45) is 2.81. The second kappa shape index (κ2) is 5.52. The minimum Gasteiger partial charge on any atom is -0.380 e. The first kappa shape index (κ1) is 15.0. The number of carbonyl (C=O) groups excluding carboxylic acids is 1. The second-order valence-electron chi connectivity index (χ2n) is 5.90. The summed E-state index contributed by atoms with van der Waals surface area (Å²) in [5, 5.41) is 13.1. The van der Waals surface area contributed by atoms with Crippen LogP contribution in [0.4, 0.5) is 4.39 Å². The molecule has 3 nitrogen and oxygen atoms in total. The molecule has 110 valence electrons. The minimum absolute atomic E-state index is 0.207. The molecule has 0 bridgehead atoms. The highest BCUT2D eigenvalue weighted by Gasteiger charge is 2.39. The highest BCUT2D eigenvalue weighted by atomic mass is 19.1. The SMILES string of the molecule is Cc1cc(C(C)NC(=O)C2(O)CCCC2)cc(C)c1F. The maximum Gasteiger partial charge on any atom is 0.252 e. The fraction of sp³-hybridized carbons (Fsp3) is 0.562. The Morgan fingerprint density at radius 1 is 1.30 bits per heavy atom. The van der Waals surface area contributed by atoms with Gasteiger partial charge in [0, 0.05) is 0 Å². The average Bonchev–Trinajstić information content (AvgIpc) is 2.83. The van der Waals surface area contributed by atoms with E-state index in [-0.39, 0.29) is 17.8 Å². The topological polar surface area (TPSA) is 49.3 Å². The fourth-order valence-electron chi connectivity index (χ4n) is 2.83. The zero-order valence-electron chi connectivity index (χ0n) is 12.3. The van der Waals surface area contributed by atoms with E-state index in [1.165, 1.54) is 0 Å². The van der Waals surface area contributed by atoms with Crippen molar-refractivity contribution in [3.63, 3.8) is 0 Å². The Morgan fingerprint density at radius 3 is 2.30 bits per heavy atom. The molecule has 1 aliphatic carbocycles. The summed E-state index contributed by atoms with van der Waals surface area (Å²) in [4.78, 5) is 12.2. The molecule has 0 heterocycles. The van der Waals surface area contributed by atoms with Crippen LogP contribution in [0, 0.1) is 19.7 Å². The highest BCUT2D eigenvalue weighted by molar-refractivity contribution is 5.85. The van der Waals surface area contributed by atoms with Crippen LogP contribution in [0.15, 0.2) is 12.1 Å². The van der Waals surface area contributed by atoms with Crippen LogP contribution in [0.3, 0.4) is 0 Å². The monoisotopic (exact) mass is 279 g/mol. The number of amides is 1. The Kier molecular flexibility index (Phi) is 4.14. The Labute approximate surface area is 119 Å². The van der Waals surface area contributed by atoms with Gasteiger partial charge in [0.1, 0.15) is 11.4 Å². The molecular weight excluding hydrogens is 257 g/mol. The lowest BCUT2D eigenvalue weighted by atomic mass is 9.98. The van der Waals surface area contributed by atoms with Crippen molar-refractivity contribution < 1.29 is 14.3 Å². The van der Waals surface area contributed by atoms with Gasteiger partial charge in [0.25, 0.3) is 5.91 Å². The summed E-state index contributed by atoms with van der Waals surface area (Å²) >= 11 is 0. The Hall–Kier alpha value is -1.42. The van der Waals surface area contributed by atoms with Gasteiger partial charge in [-0.3, -0.25) is 4.79 Å². The lowest BCUT2D eigenvalue weighted by molar-refractivity contribution is -0.139. The van der Waals surface area contributed by atoms with Crippen LogP contribution in [-0.2, 0) is 4.79 Å². The maximum atomic E-state index is 13.6. The van der Waals surface area contributed by atoms with E-state index in [0.29, 0.717) is 24.0 Å². The van der Waals surface area contributed by atoms with E-state index in [9.17, 15) is 14.3 Å². The molecule has 20 heavy (non-hydrogen) atoms. The van der Waals surface area contributed by atoms with E-state index < -0.39 is 5.60 Å². The van der Waals surface area contributed by atoms with Crippen molar-refractivity contribution in [2.45, 2.75) is 58.1 Å². The van der Waals surface area contributed by atoms with E-state index >= 15 is 0 Å². The van der Waals surface area contributed by atoms with Gasteiger partial charge in [-0.05, 0) is 63.1 Å². The van der Waals surface area contributed by atoms with E-state index in [0.717, 1.165) is 18.4 Å². The Morgan fingerprint density at radius 2 is 1.80 bits per heavy atom. The third kappa shape index (κ3) is 2.85. The zero-order chi connectivity index (χ0) is 14.9. The number of hydrogen-bond donors (Lipinski definition) is 2. The Bertz CT molecular complexity index is 498. The number of hydrogen-bond acceptors (Lipinski definition) is 2. The number of carbonyl (C=O) groups is 1. The van der Waals surface area contributed by atoms with Crippen LogP contribution in [0.25, 0.3) is 0 Å². The molecule has 1 aliphatic rings. The highest BCUT2D eigenvalue weighted by Crippen LogP contribution is 2.30.